The smallest absolute Gasteiger partial charge is 0.336 e. The number of amides is 1. The van der Waals surface area contributed by atoms with Gasteiger partial charge in [-0.05, 0) is 92.9 Å². The Labute approximate surface area is 193 Å². The zero-order valence-electron chi connectivity index (χ0n) is 18.6. The van der Waals surface area contributed by atoms with E-state index in [1.165, 1.54) is 54.6 Å². The van der Waals surface area contributed by atoms with Gasteiger partial charge in [0.1, 0.15) is 5.58 Å². The first-order valence-corrected chi connectivity index (χ1v) is 13.7. The van der Waals surface area contributed by atoms with E-state index in [0.29, 0.717) is 54.8 Å². The minimum atomic E-state index is -3.67. The molecule has 7 nitrogen and oxygen atoms in total. The van der Waals surface area contributed by atoms with Crippen molar-refractivity contribution in [3.05, 3.63) is 40.8 Å². The maximum Gasteiger partial charge on any atom is 0.336 e. The van der Waals surface area contributed by atoms with Gasteiger partial charge in [0.2, 0.25) is 15.9 Å². The van der Waals surface area contributed by atoms with Crippen LogP contribution in [0.1, 0.15) is 44.9 Å². The van der Waals surface area contributed by atoms with Crippen molar-refractivity contribution in [1.82, 2.24) is 9.62 Å². The second-order valence-electron chi connectivity index (χ2n) is 10.6. The Morgan fingerprint density at radius 2 is 1.61 bits per heavy atom. The van der Waals surface area contributed by atoms with Crippen LogP contribution in [0.3, 0.4) is 0 Å². The van der Waals surface area contributed by atoms with Crippen LogP contribution >= 0.6 is 0 Å². The molecule has 4 saturated carbocycles. The molecule has 5 fully saturated rings. The standard InChI is InChI=1S/C25H30N2O5S/c28-23-4-1-18-14-21(2-3-22(18)32-23)33(30,31)27-7-5-17(6-8-27)25(29)26-24-19-10-15-9-16(12-19)13-20(24)11-15/h1-4,14-17,19-20,24H,5-13H2,(H,26,29). The fourth-order valence-electron chi connectivity index (χ4n) is 7.16. The Balaban J connectivity index is 1.10. The first-order chi connectivity index (χ1) is 15.9. The highest BCUT2D eigenvalue weighted by atomic mass is 32.2. The molecule has 4 aliphatic carbocycles. The lowest BCUT2D eigenvalue weighted by Crippen LogP contribution is -2.57. The topological polar surface area (TPSA) is 96.7 Å². The van der Waals surface area contributed by atoms with E-state index in [1.54, 1.807) is 12.1 Å². The van der Waals surface area contributed by atoms with Crippen LogP contribution in [-0.2, 0) is 14.8 Å². The summed E-state index contributed by atoms with van der Waals surface area (Å²) < 4.78 is 33.0. The summed E-state index contributed by atoms with van der Waals surface area (Å²) in [5, 5.41) is 3.97. The number of nitrogens with one attached hydrogen (secondary N) is 1. The Bertz CT molecular complexity index is 1220. The number of piperidine rings is 1. The van der Waals surface area contributed by atoms with Gasteiger partial charge in [-0.3, -0.25) is 4.79 Å². The second-order valence-corrected chi connectivity index (χ2v) is 12.5. The van der Waals surface area contributed by atoms with Crippen LogP contribution in [0.15, 0.2) is 44.4 Å². The van der Waals surface area contributed by atoms with Crippen molar-refractivity contribution < 1.29 is 17.6 Å². The third-order valence-corrected chi connectivity index (χ3v) is 10.5. The van der Waals surface area contributed by atoms with E-state index >= 15 is 0 Å². The lowest BCUT2D eigenvalue weighted by Gasteiger charge is -2.54. The van der Waals surface area contributed by atoms with E-state index < -0.39 is 15.6 Å². The van der Waals surface area contributed by atoms with Gasteiger partial charge in [-0.15, -0.1) is 0 Å². The molecule has 1 amide bonds. The molecule has 5 aliphatic rings. The minimum absolute atomic E-state index is 0.116. The van der Waals surface area contributed by atoms with Gasteiger partial charge in [0, 0.05) is 36.5 Å². The van der Waals surface area contributed by atoms with Crippen LogP contribution in [0.5, 0.6) is 0 Å². The van der Waals surface area contributed by atoms with Gasteiger partial charge >= 0.3 is 5.63 Å². The predicted molar refractivity (Wildman–Crippen MR) is 123 cm³/mol. The quantitative estimate of drug-likeness (QED) is 0.693. The Hall–Kier alpha value is -2.19. The van der Waals surface area contributed by atoms with Crippen molar-refractivity contribution in [2.24, 2.45) is 29.6 Å². The first-order valence-electron chi connectivity index (χ1n) is 12.2. The molecule has 0 radical (unpaired) electrons. The van der Waals surface area contributed by atoms with E-state index in [0.717, 1.165) is 11.8 Å². The fraction of sp³-hybridized carbons (Fsp3) is 0.600. The van der Waals surface area contributed by atoms with E-state index in [4.69, 9.17) is 4.42 Å². The van der Waals surface area contributed by atoms with E-state index in [9.17, 15) is 18.0 Å². The van der Waals surface area contributed by atoms with E-state index in [1.807, 2.05) is 0 Å². The molecular weight excluding hydrogens is 440 g/mol. The molecule has 176 valence electrons. The third-order valence-electron chi connectivity index (χ3n) is 8.59. The zero-order valence-corrected chi connectivity index (χ0v) is 19.4. The van der Waals surface area contributed by atoms with Crippen LogP contribution in [0.4, 0.5) is 0 Å². The Morgan fingerprint density at radius 1 is 0.939 bits per heavy atom. The van der Waals surface area contributed by atoms with Gasteiger partial charge in [0.15, 0.2) is 0 Å². The maximum absolute atomic E-state index is 13.2. The van der Waals surface area contributed by atoms with Crippen molar-refractivity contribution >= 4 is 26.9 Å². The van der Waals surface area contributed by atoms with Gasteiger partial charge in [-0.1, -0.05) is 0 Å². The largest absolute Gasteiger partial charge is 0.423 e. The lowest BCUT2D eigenvalue weighted by atomic mass is 9.54. The van der Waals surface area contributed by atoms with Crippen molar-refractivity contribution in [2.45, 2.75) is 55.9 Å². The minimum Gasteiger partial charge on any atom is -0.423 e. The average Bonchev–Trinajstić information content (AvgIpc) is 2.80. The van der Waals surface area contributed by atoms with Crippen LogP contribution in [-0.4, -0.2) is 37.8 Å². The molecule has 0 spiro atoms. The van der Waals surface area contributed by atoms with Crippen molar-refractivity contribution in [2.75, 3.05) is 13.1 Å². The number of rotatable bonds is 4. The zero-order chi connectivity index (χ0) is 22.7. The highest BCUT2D eigenvalue weighted by Crippen LogP contribution is 2.53. The summed E-state index contributed by atoms with van der Waals surface area (Å²) in [5.74, 6) is 3.02. The third kappa shape index (κ3) is 3.81. The number of sulfonamides is 1. The summed E-state index contributed by atoms with van der Waals surface area (Å²) in [4.78, 5) is 24.6. The number of carbonyl (C=O) groups is 1. The molecule has 0 unspecified atom stereocenters. The van der Waals surface area contributed by atoms with Crippen LogP contribution in [0.25, 0.3) is 11.0 Å². The lowest BCUT2D eigenvalue weighted by molar-refractivity contribution is -0.130. The summed E-state index contributed by atoms with van der Waals surface area (Å²) in [6, 6.07) is 7.72. The number of carbonyl (C=O) groups excluding carboxylic acids is 1. The van der Waals surface area contributed by atoms with Crippen molar-refractivity contribution in [1.29, 1.82) is 0 Å². The molecule has 1 aliphatic heterocycles. The molecule has 1 saturated heterocycles. The number of hydrogen-bond acceptors (Lipinski definition) is 5. The summed E-state index contributed by atoms with van der Waals surface area (Å²) >= 11 is 0. The molecule has 1 aromatic heterocycles. The first kappa shape index (κ1) is 21.4. The SMILES string of the molecule is O=C(NC1C2CC3CC(C2)CC1C3)C1CCN(S(=O)(=O)c2ccc3oc(=O)ccc3c2)CC1. The summed E-state index contributed by atoms with van der Waals surface area (Å²) in [6.07, 6.45) is 7.55. The second kappa shape index (κ2) is 7.94. The molecule has 1 aromatic carbocycles. The molecule has 7 rings (SSSR count). The molecule has 2 heterocycles. The van der Waals surface area contributed by atoms with Gasteiger partial charge in [-0.2, -0.15) is 4.31 Å². The summed E-state index contributed by atoms with van der Waals surface area (Å²) in [7, 11) is -3.67. The summed E-state index contributed by atoms with van der Waals surface area (Å²) in [6.45, 7) is 0.675. The van der Waals surface area contributed by atoms with Gasteiger partial charge in [0.05, 0.1) is 4.90 Å². The molecule has 1 N–H and O–H groups in total. The number of nitrogens with zero attached hydrogens (tertiary/aromatic N) is 1. The molecule has 0 atom stereocenters. The summed E-state index contributed by atoms with van der Waals surface area (Å²) in [5.41, 5.74) is -0.103. The van der Waals surface area contributed by atoms with Crippen molar-refractivity contribution in [3.63, 3.8) is 0 Å². The molecule has 8 heteroatoms. The Morgan fingerprint density at radius 3 is 2.27 bits per heavy atom. The van der Waals surface area contributed by atoms with E-state index in [2.05, 4.69) is 5.32 Å². The Kier molecular flexibility index (Phi) is 5.14. The van der Waals surface area contributed by atoms with Gasteiger partial charge < -0.3 is 9.73 Å². The van der Waals surface area contributed by atoms with Crippen LogP contribution in [0.2, 0.25) is 0 Å². The average molecular weight is 471 g/mol. The maximum atomic E-state index is 13.2. The number of hydrogen-bond donors (Lipinski definition) is 1. The molecule has 33 heavy (non-hydrogen) atoms. The van der Waals surface area contributed by atoms with Crippen LogP contribution in [0, 0.1) is 29.6 Å². The monoisotopic (exact) mass is 470 g/mol. The molecular formula is C25H30N2O5S. The van der Waals surface area contributed by atoms with E-state index in [-0.39, 0.29) is 16.7 Å². The van der Waals surface area contributed by atoms with Crippen LogP contribution < -0.4 is 10.9 Å². The highest BCUT2D eigenvalue weighted by molar-refractivity contribution is 7.89. The highest BCUT2D eigenvalue weighted by Gasteiger charge is 2.49. The fourth-order valence-corrected chi connectivity index (χ4v) is 8.67. The number of benzene rings is 1. The number of fused-ring (bicyclic) bond motifs is 1. The van der Waals surface area contributed by atoms with Gasteiger partial charge in [0.25, 0.3) is 0 Å². The molecule has 4 bridgehead atoms. The van der Waals surface area contributed by atoms with Crippen molar-refractivity contribution in [3.8, 4) is 0 Å². The normalized spacial score (nSPS) is 32.3. The predicted octanol–water partition coefficient (Wildman–Crippen LogP) is 3.13. The van der Waals surface area contributed by atoms with Gasteiger partial charge in [-0.25, -0.2) is 13.2 Å². The molecule has 2 aromatic rings.